The van der Waals surface area contributed by atoms with Gasteiger partial charge in [0.1, 0.15) is 11.1 Å². The van der Waals surface area contributed by atoms with E-state index in [1.807, 2.05) is 33.4 Å². The second-order valence-corrected chi connectivity index (χ2v) is 12.6. The molecule has 44 heavy (non-hydrogen) atoms. The summed E-state index contributed by atoms with van der Waals surface area (Å²) >= 11 is 7.04. The molecule has 2 aromatic carbocycles. The molecule has 4 heterocycles. The van der Waals surface area contributed by atoms with Crippen LogP contribution in [0.15, 0.2) is 79.5 Å². The summed E-state index contributed by atoms with van der Waals surface area (Å²) in [5, 5.41) is 0. The van der Waals surface area contributed by atoms with Crippen molar-refractivity contribution in [3.63, 3.8) is 0 Å². The zero-order chi connectivity index (χ0) is 31.7. The second-order valence-electron chi connectivity index (χ2n) is 10.8. The summed E-state index contributed by atoms with van der Waals surface area (Å²) in [5.74, 6) is -1.12. The van der Waals surface area contributed by atoms with Gasteiger partial charge in [-0.15, -0.1) is 0 Å². The zero-order valence-electron chi connectivity index (χ0n) is 24.9. The highest BCUT2D eigenvalue weighted by Gasteiger charge is 2.26. The van der Waals surface area contributed by atoms with E-state index in [1.165, 1.54) is 23.3 Å². The van der Waals surface area contributed by atoms with Gasteiger partial charge >= 0.3 is 11.9 Å². The van der Waals surface area contributed by atoms with Crippen molar-refractivity contribution in [1.82, 2.24) is 9.13 Å². The van der Waals surface area contributed by atoms with Gasteiger partial charge in [-0.25, -0.2) is 9.59 Å². The number of rotatable bonds is 4. The van der Waals surface area contributed by atoms with Crippen molar-refractivity contribution in [2.24, 2.45) is 0 Å². The number of halogens is 2. The van der Waals surface area contributed by atoms with Gasteiger partial charge in [-0.05, 0) is 69.9 Å². The highest BCUT2D eigenvalue weighted by atomic mass is 79.9. The maximum atomic E-state index is 12.3. The van der Waals surface area contributed by atoms with E-state index in [0.717, 1.165) is 44.3 Å². The number of fused-ring (bicyclic) bond motifs is 6. The third-order valence-corrected chi connectivity index (χ3v) is 8.98. The lowest BCUT2D eigenvalue weighted by molar-refractivity contribution is 0.0514. The molecule has 2 unspecified atom stereocenters. The van der Waals surface area contributed by atoms with Gasteiger partial charge in [0.05, 0.1) is 24.6 Å². The topological polar surface area (TPSA) is 96.6 Å². The van der Waals surface area contributed by atoms with Crippen molar-refractivity contribution in [3.8, 4) is 22.5 Å². The molecule has 228 valence electrons. The number of nitrogens with zero attached hydrogens (tertiary/aromatic N) is 2. The van der Waals surface area contributed by atoms with Gasteiger partial charge in [-0.1, -0.05) is 50.1 Å². The van der Waals surface area contributed by atoms with Crippen LogP contribution in [0.25, 0.3) is 22.5 Å². The molecule has 0 fully saturated rings. The number of benzene rings is 2. The molecule has 0 spiro atoms. The first-order chi connectivity index (χ1) is 21.0. The number of aromatic nitrogens is 2. The summed E-state index contributed by atoms with van der Waals surface area (Å²) in [6.07, 6.45) is 4.97. The molecule has 0 aliphatic carbocycles. The van der Waals surface area contributed by atoms with Crippen LogP contribution in [-0.4, -0.2) is 34.3 Å². The summed E-state index contributed by atoms with van der Waals surface area (Å²) in [7, 11) is 0. The lowest BCUT2D eigenvalue weighted by Crippen LogP contribution is -2.25. The number of carbonyl (C=O) groups is 2. The van der Waals surface area contributed by atoms with Crippen molar-refractivity contribution in [1.29, 1.82) is 0 Å². The fourth-order valence-electron chi connectivity index (χ4n) is 5.81. The Balaban J connectivity index is 0.000000175. The van der Waals surface area contributed by atoms with Crippen LogP contribution in [0, 0.1) is 0 Å². The molecular weight excluding hydrogens is 692 g/mol. The van der Waals surface area contributed by atoms with E-state index in [9.17, 15) is 19.2 Å². The molecule has 0 bridgehead atoms. The molecule has 8 nitrogen and oxygen atoms in total. The molecule has 2 aliphatic heterocycles. The summed E-state index contributed by atoms with van der Waals surface area (Å²) in [5.41, 5.74) is 5.72. The van der Waals surface area contributed by atoms with Crippen molar-refractivity contribution >= 4 is 43.8 Å². The van der Waals surface area contributed by atoms with Crippen LogP contribution in [0.3, 0.4) is 0 Å². The van der Waals surface area contributed by atoms with Gasteiger partial charge in [-0.3, -0.25) is 9.59 Å². The maximum Gasteiger partial charge on any atom is 0.343 e. The van der Waals surface area contributed by atoms with E-state index in [0.29, 0.717) is 0 Å². The number of carbonyl (C=O) groups excluding carboxylic acids is 2. The Bertz CT molecular complexity index is 1890. The van der Waals surface area contributed by atoms with Crippen molar-refractivity contribution < 1.29 is 19.1 Å². The molecule has 2 atom stereocenters. The number of pyridine rings is 2. The van der Waals surface area contributed by atoms with Gasteiger partial charge in [0, 0.05) is 56.7 Å². The molecular formula is C34H32Br2N2O6. The largest absolute Gasteiger partial charge is 0.462 e. The van der Waals surface area contributed by atoms with Gasteiger partial charge in [-0.2, -0.15) is 0 Å². The van der Waals surface area contributed by atoms with E-state index in [1.54, 1.807) is 26.2 Å². The first-order valence-electron chi connectivity index (χ1n) is 14.5. The number of esters is 2. The lowest BCUT2D eigenvalue weighted by atomic mass is 9.93. The minimum absolute atomic E-state index is 0.0907. The highest BCUT2D eigenvalue weighted by molar-refractivity contribution is 9.10. The smallest absolute Gasteiger partial charge is 0.343 e. The molecule has 0 amide bonds. The molecule has 0 N–H and O–H groups in total. The minimum Gasteiger partial charge on any atom is -0.462 e. The number of hydrogen-bond donors (Lipinski definition) is 0. The molecule has 0 saturated heterocycles. The van der Waals surface area contributed by atoms with E-state index in [4.69, 9.17) is 9.47 Å². The first-order valence-corrected chi connectivity index (χ1v) is 16.1. The van der Waals surface area contributed by atoms with Crippen LogP contribution in [-0.2, 0) is 22.3 Å². The summed E-state index contributed by atoms with van der Waals surface area (Å²) in [6.45, 7) is 8.12. The molecule has 0 saturated carbocycles. The van der Waals surface area contributed by atoms with E-state index >= 15 is 0 Å². The van der Waals surface area contributed by atoms with E-state index in [2.05, 4.69) is 57.8 Å². The van der Waals surface area contributed by atoms with Crippen LogP contribution >= 0.6 is 31.9 Å². The third-order valence-electron chi connectivity index (χ3n) is 7.83. The summed E-state index contributed by atoms with van der Waals surface area (Å²) < 4.78 is 15.9. The quantitative estimate of drug-likeness (QED) is 0.208. The lowest BCUT2D eigenvalue weighted by Gasteiger charge is -2.29. The van der Waals surface area contributed by atoms with Gasteiger partial charge in [0.2, 0.25) is 0 Å². The Kier molecular flexibility index (Phi) is 9.41. The Morgan fingerprint density at radius 2 is 1.32 bits per heavy atom. The predicted octanol–water partition coefficient (Wildman–Crippen LogP) is 7.14. The molecule has 0 radical (unpaired) electrons. The fraction of sp³-hybridized carbons (Fsp3) is 0.294. The highest BCUT2D eigenvalue weighted by Crippen LogP contribution is 2.39. The Morgan fingerprint density at radius 3 is 1.91 bits per heavy atom. The monoisotopic (exact) mass is 722 g/mol. The molecule has 2 aromatic heterocycles. The minimum atomic E-state index is -0.562. The summed E-state index contributed by atoms with van der Waals surface area (Å²) in [4.78, 5) is 48.4. The molecule has 4 aromatic rings. The van der Waals surface area contributed by atoms with Crippen molar-refractivity contribution in [2.45, 2.75) is 52.6 Å². The van der Waals surface area contributed by atoms with Crippen LogP contribution in [0.5, 0.6) is 0 Å². The standard InChI is InChI=1S/2C17H16BrNO3/c1-3-22-17(21)14-9-19-10(2)6-11-7-12(18)4-5-13(11)15(19)8-16(14)20;1-3-22-17(21)12-9-19-10(2)7-11-5-4-6-13(18)16(11)14(19)8-15(12)20/h4-5,7-10H,3,6H2,1-2H3;4-6,8-10H,3,7H2,1-2H3. The Morgan fingerprint density at radius 1 is 0.773 bits per heavy atom. The fourth-order valence-corrected chi connectivity index (χ4v) is 6.83. The average Bonchev–Trinajstić information content (AvgIpc) is 2.97. The number of ether oxygens (including phenoxy) is 2. The predicted molar refractivity (Wildman–Crippen MR) is 176 cm³/mol. The first kappa shape index (κ1) is 31.7. The molecule has 6 rings (SSSR count). The van der Waals surface area contributed by atoms with Gasteiger partial charge < -0.3 is 18.6 Å². The van der Waals surface area contributed by atoms with Crippen molar-refractivity contribution in [2.75, 3.05) is 13.2 Å². The Hall–Kier alpha value is -3.76. The normalized spacial score (nSPS) is 15.9. The number of hydrogen-bond acceptors (Lipinski definition) is 6. The van der Waals surface area contributed by atoms with E-state index < -0.39 is 11.9 Å². The van der Waals surface area contributed by atoms with Crippen LogP contribution in [0.2, 0.25) is 0 Å². The zero-order valence-corrected chi connectivity index (χ0v) is 28.0. The summed E-state index contributed by atoms with van der Waals surface area (Å²) in [6, 6.07) is 15.5. The van der Waals surface area contributed by atoms with E-state index in [-0.39, 0.29) is 47.3 Å². The molecule has 2 aliphatic rings. The van der Waals surface area contributed by atoms with Crippen LogP contribution in [0.4, 0.5) is 0 Å². The second kappa shape index (κ2) is 13.1. The SMILES string of the molecule is CCOC(=O)c1cn2c(cc1=O)-c1c(Br)cccc1CC2C.CCOC(=O)c1cn2c(cc1=O)-c1ccc(Br)cc1CC2C. The Labute approximate surface area is 271 Å². The maximum absolute atomic E-state index is 12.3. The molecule has 10 heteroatoms. The van der Waals surface area contributed by atoms with Crippen LogP contribution < -0.4 is 10.9 Å². The van der Waals surface area contributed by atoms with Gasteiger partial charge in [0.25, 0.3) is 0 Å². The average molecular weight is 724 g/mol. The third kappa shape index (κ3) is 6.10. The van der Waals surface area contributed by atoms with Crippen LogP contribution in [0.1, 0.15) is 71.6 Å². The van der Waals surface area contributed by atoms with Crippen molar-refractivity contribution in [3.05, 3.63) is 113 Å². The van der Waals surface area contributed by atoms with Gasteiger partial charge in [0.15, 0.2) is 10.9 Å².